The van der Waals surface area contributed by atoms with Gasteiger partial charge in [0, 0.05) is 40.5 Å². The summed E-state index contributed by atoms with van der Waals surface area (Å²) in [5, 5.41) is 17.7. The summed E-state index contributed by atoms with van der Waals surface area (Å²) >= 11 is 1.67. The van der Waals surface area contributed by atoms with E-state index in [9.17, 15) is 19.2 Å². The number of aliphatic imine (C=N–C) groups is 2. The minimum Gasteiger partial charge on any atom is -0.480 e. The van der Waals surface area contributed by atoms with Crippen LogP contribution in [0, 0.1) is 23.3 Å². The number of ether oxygens (including phenoxy) is 4. The van der Waals surface area contributed by atoms with Crippen LogP contribution >= 0.6 is 11.8 Å². The average Bonchev–Trinajstić information content (AvgIpc) is 0.869. The molecule has 3 aromatic rings. The third-order valence-electron chi connectivity index (χ3n) is 15.0. The van der Waals surface area contributed by atoms with Gasteiger partial charge >= 0.3 is 5.97 Å². The molecule has 5 N–H and O–H groups in total. The molecule has 3 aromatic carbocycles. The molecule has 0 radical (unpaired) electrons. The maximum absolute atomic E-state index is 13.7. The van der Waals surface area contributed by atoms with Gasteiger partial charge in [-0.1, -0.05) is 182 Å². The number of nitrogens with zero attached hydrogens (tertiary/aromatic N) is 5. The van der Waals surface area contributed by atoms with Gasteiger partial charge in [-0.25, -0.2) is 14.8 Å². The fourth-order valence-electron chi connectivity index (χ4n) is 10.2. The number of hydrogen-bond donors (Lipinski definition) is 3. The van der Waals surface area contributed by atoms with Crippen LogP contribution in [0.1, 0.15) is 165 Å². The number of thioether (sulfide) groups is 1. The number of quaternary nitrogens is 1. The monoisotopic (exact) mass is 1220 g/mol. The van der Waals surface area contributed by atoms with Crippen molar-refractivity contribution in [3.05, 3.63) is 107 Å². The molecule has 0 aliphatic heterocycles. The lowest BCUT2D eigenvalue weighted by molar-refractivity contribution is -0.396. The Bertz CT molecular complexity index is 2560. The van der Waals surface area contributed by atoms with Gasteiger partial charge in [0.25, 0.3) is 0 Å². The number of Topliss-reactive ketones (excluding diaryl/α,β-unsaturated/α-hetero) is 2. The van der Waals surface area contributed by atoms with Crippen molar-refractivity contribution in [3.63, 3.8) is 0 Å². The number of azide groups is 1. The molecular weight excluding hydrogens is 1120 g/mol. The van der Waals surface area contributed by atoms with Crippen LogP contribution in [0.4, 0.5) is 0 Å². The first kappa shape index (κ1) is 74.8. The van der Waals surface area contributed by atoms with E-state index in [1.54, 1.807) is 11.8 Å². The molecule has 2 saturated carbocycles. The van der Waals surface area contributed by atoms with Crippen molar-refractivity contribution in [1.82, 2.24) is 5.32 Å². The molecule has 86 heavy (non-hydrogen) atoms. The van der Waals surface area contributed by atoms with Crippen molar-refractivity contribution >= 4 is 59.7 Å². The predicted octanol–water partition coefficient (Wildman–Crippen LogP) is 11.5. The molecule has 3 atom stereocenters. The summed E-state index contributed by atoms with van der Waals surface area (Å²) in [6.07, 6.45) is 14.3. The van der Waals surface area contributed by atoms with Crippen LogP contribution in [0.3, 0.4) is 0 Å². The van der Waals surface area contributed by atoms with Gasteiger partial charge in [-0.15, -0.1) is 17.3 Å². The topological polar surface area (TPSA) is 239 Å². The molecule has 2 fully saturated rings. The largest absolute Gasteiger partial charge is 0.480 e. The molecule has 2 aliphatic rings. The van der Waals surface area contributed by atoms with Crippen LogP contribution < -0.4 is 21.4 Å². The number of nitrogens with one attached hydrogen (secondary N) is 1. The second kappa shape index (κ2) is 39.5. The summed E-state index contributed by atoms with van der Waals surface area (Å²) in [7, 11) is -2.39. The van der Waals surface area contributed by atoms with Gasteiger partial charge in [0.1, 0.15) is 19.0 Å². The second-order valence-electron chi connectivity index (χ2n) is 26.0. The number of carboxylic acids is 1. The Morgan fingerprint density at radius 2 is 1.24 bits per heavy atom. The molecule has 16 nitrogen and oxygen atoms in total. The standard InChI is InChI=1S/C30H49N5O4S.C25H32O5Si.C13H22N2/c1-28(2,3)39-19-22(18-26(37)24(31)20-40-29(4,5)6)27(38)34-30(7,8)23(17-21-13-10-9-11-14-21)25(36)15-12-16-33-35-32;1-25(2,3)31(22-11-6-4-7-12-22,23-13-8-5-9-14-23)20-10-15-28-16-17-29-18-19-30-21-24(26)27;1-3-7-12(8-4-1)14-11-15-13-9-5-2-6-10-13/h9-11,13-14,22-24H,12,15-20,31H2,1-8H3,(H,34,38);4-9,11-14H,15-19,21H2,1-3H3,(H,26,27);12-13H,1-10H2/p+1/t22-,23-,24-;;/m0../s1. The highest BCUT2D eigenvalue weighted by Gasteiger charge is 2.47. The van der Waals surface area contributed by atoms with E-state index >= 15 is 0 Å². The summed E-state index contributed by atoms with van der Waals surface area (Å²) in [6.45, 7) is 24.3. The van der Waals surface area contributed by atoms with Crippen LogP contribution in [0.5, 0.6) is 0 Å². The quantitative estimate of drug-likeness (QED) is 0.0108. The maximum Gasteiger partial charge on any atom is 0.329 e. The van der Waals surface area contributed by atoms with Gasteiger partial charge in [-0.05, 0) is 99.6 Å². The number of carbonyl (C=O) groups excluding carboxylic acids is 3. The molecule has 0 heterocycles. The Morgan fingerprint density at radius 3 is 1.73 bits per heavy atom. The lowest BCUT2D eigenvalue weighted by Crippen LogP contribution is -2.67. The van der Waals surface area contributed by atoms with Crippen molar-refractivity contribution in [2.24, 2.45) is 26.9 Å². The van der Waals surface area contributed by atoms with Gasteiger partial charge < -0.3 is 35.1 Å². The Morgan fingerprint density at radius 1 is 0.733 bits per heavy atom. The Kier molecular flexibility index (Phi) is 34.3. The van der Waals surface area contributed by atoms with Gasteiger partial charge in [-0.3, -0.25) is 14.4 Å². The molecule has 1 amide bonds. The molecule has 474 valence electrons. The molecule has 0 saturated heterocycles. The minimum atomic E-state index is -2.39. The van der Waals surface area contributed by atoms with E-state index < -0.39 is 43.1 Å². The van der Waals surface area contributed by atoms with Crippen molar-refractivity contribution in [3.8, 4) is 11.5 Å². The lowest BCUT2D eigenvalue weighted by Gasteiger charge is -2.39. The number of amides is 1. The highest BCUT2D eigenvalue weighted by molar-refractivity contribution is 8.00. The van der Waals surface area contributed by atoms with Gasteiger partial charge in [0.2, 0.25) is 14.0 Å². The normalized spacial score (nSPS) is 15.2. The van der Waals surface area contributed by atoms with Gasteiger partial charge in [0.15, 0.2) is 11.8 Å². The lowest BCUT2D eigenvalue weighted by atomic mass is 9.78. The van der Waals surface area contributed by atoms with Crippen LogP contribution in [0.15, 0.2) is 106 Å². The van der Waals surface area contributed by atoms with Gasteiger partial charge in [-0.2, -0.15) is 0 Å². The Hall–Kier alpha value is -5.44. The molecule has 0 aromatic heterocycles. The van der Waals surface area contributed by atoms with Crippen molar-refractivity contribution in [2.75, 3.05) is 58.5 Å². The zero-order valence-corrected chi connectivity index (χ0v) is 55.7. The molecule has 5 rings (SSSR count). The Balaban J connectivity index is 0.000000369. The van der Waals surface area contributed by atoms with E-state index in [-0.39, 0.29) is 66.5 Å². The summed E-state index contributed by atoms with van der Waals surface area (Å²) in [4.78, 5) is 62.3. The summed E-state index contributed by atoms with van der Waals surface area (Å²) in [5.74, 6) is 1.24. The van der Waals surface area contributed by atoms with E-state index in [4.69, 9.17) is 29.6 Å². The zero-order chi connectivity index (χ0) is 63.5. The number of carbonyl (C=O) groups is 4. The second-order valence-corrected chi connectivity index (χ2v) is 32.2. The third kappa shape index (κ3) is 30.0. The predicted molar refractivity (Wildman–Crippen MR) is 351 cm³/mol. The van der Waals surface area contributed by atoms with Crippen LogP contribution in [0.2, 0.25) is 5.04 Å². The van der Waals surface area contributed by atoms with E-state index in [2.05, 4.69) is 139 Å². The van der Waals surface area contributed by atoms with Gasteiger partial charge in [0.05, 0.1) is 68.4 Å². The average molecular weight is 1220 g/mol. The highest BCUT2D eigenvalue weighted by Crippen LogP contribution is 2.35. The minimum absolute atomic E-state index is 0.00757. The molecule has 0 bridgehead atoms. The molecular formula is C68H104N7O9SSi+. The number of carboxylic acid groups (broad SMARTS) is 1. The van der Waals surface area contributed by atoms with E-state index in [1.165, 1.54) is 74.6 Å². The number of aliphatic carboxylic acids is 1. The van der Waals surface area contributed by atoms with Crippen LogP contribution in [-0.4, -0.2) is 135 Å². The third-order valence-corrected chi connectivity index (χ3v) is 21.7. The summed E-state index contributed by atoms with van der Waals surface area (Å²) in [5.41, 5.74) is 15.9. The van der Waals surface area contributed by atoms with E-state index in [0.717, 1.165) is 5.56 Å². The number of hydrogen-bond acceptors (Lipinski definition) is 12. The highest BCUT2D eigenvalue weighted by atomic mass is 32.2. The molecule has 18 heteroatoms. The fraction of sp³-hybridized carbons (Fsp3) is 0.632. The molecule has 2 aliphatic carbocycles. The fourth-order valence-corrected chi connectivity index (χ4v) is 15.6. The number of benzene rings is 3. The first-order chi connectivity index (χ1) is 40.8. The molecule has 0 spiro atoms. The van der Waals surface area contributed by atoms with E-state index in [1.807, 2.05) is 77.1 Å². The smallest absolute Gasteiger partial charge is 0.329 e. The van der Waals surface area contributed by atoms with Crippen molar-refractivity contribution in [1.29, 1.82) is 0 Å². The van der Waals surface area contributed by atoms with Crippen molar-refractivity contribution in [2.45, 2.75) is 205 Å². The van der Waals surface area contributed by atoms with Crippen molar-refractivity contribution < 1.29 is 49.0 Å². The zero-order valence-electron chi connectivity index (χ0n) is 53.9. The number of ketones is 2. The molecule has 0 unspecified atom stereocenters. The number of rotatable bonds is 30. The maximum atomic E-state index is 13.7. The van der Waals surface area contributed by atoms with Crippen LogP contribution in [0.25, 0.3) is 10.4 Å². The summed E-state index contributed by atoms with van der Waals surface area (Å²) < 4.78 is 21.9. The first-order valence-electron chi connectivity index (χ1n) is 31.0. The SMILES string of the molecule is C(=NC1CCCCC1)=NC1CCCCC1.CC(C)(C)OC[C@H](CC(=O)[C@@H]([NH3+])CSC(C)(C)C)C(=O)NC(C)(C)[C@@H](Cc1ccccc1)C(=O)CCCN=[N+]=[N-].CC(C)(C)[Si](C#CCOCCOCCOCC(=O)O)(c1ccccc1)c1ccccc1. The summed E-state index contributed by atoms with van der Waals surface area (Å²) in [6, 6.07) is 34.5. The first-order valence-corrected chi connectivity index (χ1v) is 34.0. The Labute approximate surface area is 520 Å². The van der Waals surface area contributed by atoms with Crippen LogP contribution in [-0.2, 0) is 44.5 Å². The van der Waals surface area contributed by atoms with E-state index in [0.29, 0.717) is 57.1 Å².